The molecule has 0 aliphatic carbocycles. The lowest BCUT2D eigenvalue weighted by molar-refractivity contribution is -0.137. The Balaban J connectivity index is 0.00000386. The van der Waals surface area contributed by atoms with Crippen LogP contribution in [0.15, 0.2) is 78.9 Å². The number of piperazine rings is 1. The number of rotatable bonds is 21. The van der Waals surface area contributed by atoms with E-state index in [1.807, 2.05) is 4.90 Å². The average molecular weight is 1240 g/mol. The smallest absolute Gasteiger partial charge is 0.241 e. The first-order valence-corrected chi connectivity index (χ1v) is 28.6. The quantitative estimate of drug-likeness (QED) is 0.0421. The Labute approximate surface area is 513 Å². The van der Waals surface area contributed by atoms with E-state index in [4.69, 9.17) is 15.2 Å². The third-order valence-electron chi connectivity index (χ3n) is 17.3. The number of carbonyl (C=O) groups is 6. The zero-order chi connectivity index (χ0) is 58.4. The second-order valence-electron chi connectivity index (χ2n) is 23.1. The molecule has 24 heteroatoms. The summed E-state index contributed by atoms with van der Waals surface area (Å²) in [4.78, 5) is 90.7. The largest absolute Gasteiger partial charge is 0.381 e. The number of anilines is 2. The highest BCUT2D eigenvalue weighted by Crippen LogP contribution is 2.45. The molecule has 10 atom stereocenters. The number of fused-ring (bicyclic) bond motifs is 2. The third-order valence-corrected chi connectivity index (χ3v) is 17.3. The first kappa shape index (κ1) is 68.4. The molecule has 4 aromatic carbocycles. The van der Waals surface area contributed by atoms with Crippen LogP contribution in [0.25, 0.3) is 0 Å². The number of carbonyl (C=O) groups excluding carboxylic acids is 6. The number of morpholine rings is 1. The lowest BCUT2D eigenvalue weighted by Crippen LogP contribution is -2.62. The summed E-state index contributed by atoms with van der Waals surface area (Å²) in [5.74, 6) is -8.83. The van der Waals surface area contributed by atoms with Gasteiger partial charge in [0.05, 0.1) is 50.4 Å². The minimum atomic E-state index is -1.38. The summed E-state index contributed by atoms with van der Waals surface area (Å²) in [7, 11) is 1.58. The Kier molecular flexibility index (Phi) is 24.4. The van der Waals surface area contributed by atoms with E-state index in [0.717, 1.165) is 60.7 Å². The molecule has 464 valence electrons. The van der Waals surface area contributed by atoms with Gasteiger partial charge in [0.25, 0.3) is 0 Å². The van der Waals surface area contributed by atoms with Gasteiger partial charge in [0.2, 0.25) is 29.5 Å². The molecule has 5 aliphatic rings. The molecule has 18 nitrogen and oxygen atoms in total. The van der Waals surface area contributed by atoms with E-state index >= 15 is 0 Å². The Hall–Kier alpha value is -5.72. The number of nitrogens with zero attached hydrogens (tertiary/aromatic N) is 3. The number of para-hydroxylation sites is 1. The first-order valence-electron chi connectivity index (χ1n) is 28.6. The van der Waals surface area contributed by atoms with E-state index in [1.54, 1.807) is 44.3 Å². The normalized spacial score (nSPS) is 24.0. The van der Waals surface area contributed by atoms with Gasteiger partial charge in [0.1, 0.15) is 29.1 Å². The molecule has 5 amide bonds. The zero-order valence-corrected chi connectivity index (χ0v) is 51.0. The first-order chi connectivity index (χ1) is 39.3. The minimum absolute atomic E-state index is 0. The fourth-order valence-corrected chi connectivity index (χ4v) is 12.5. The van der Waals surface area contributed by atoms with Gasteiger partial charge in [-0.2, -0.15) is 0 Å². The van der Waals surface area contributed by atoms with E-state index < -0.39 is 88.0 Å². The Bertz CT molecular complexity index is 3010. The highest BCUT2D eigenvalue weighted by atomic mass is 35.5. The van der Waals surface area contributed by atoms with Crippen molar-refractivity contribution in [3.63, 3.8) is 0 Å². The number of halogens is 6. The molecule has 0 aromatic heterocycles. The third kappa shape index (κ3) is 15.9. The molecule has 3 fully saturated rings. The molecule has 0 bridgehead atoms. The Morgan fingerprint density at radius 3 is 2.28 bits per heavy atom. The van der Waals surface area contributed by atoms with Gasteiger partial charge < -0.3 is 46.7 Å². The average Bonchev–Trinajstić information content (AvgIpc) is 2.70. The molecule has 85 heavy (non-hydrogen) atoms. The van der Waals surface area contributed by atoms with Crippen molar-refractivity contribution in [2.75, 3.05) is 89.5 Å². The number of hydrogen-bond donors (Lipinski definition) is 7. The maximum Gasteiger partial charge on any atom is 0.241 e. The van der Waals surface area contributed by atoms with Crippen LogP contribution in [0.2, 0.25) is 0 Å². The van der Waals surface area contributed by atoms with Gasteiger partial charge in [-0.3, -0.25) is 43.9 Å². The summed E-state index contributed by atoms with van der Waals surface area (Å²) in [6.45, 7) is 13.5. The maximum atomic E-state index is 14.8. The van der Waals surface area contributed by atoms with Crippen LogP contribution < -0.4 is 42.5 Å². The molecule has 9 rings (SSSR count). The highest BCUT2D eigenvalue weighted by Gasteiger charge is 2.46. The van der Waals surface area contributed by atoms with Crippen LogP contribution in [-0.2, 0) is 56.6 Å². The lowest BCUT2D eigenvalue weighted by Gasteiger charge is -2.43. The van der Waals surface area contributed by atoms with Crippen molar-refractivity contribution in [2.24, 2.45) is 17.6 Å². The molecule has 4 aromatic rings. The summed E-state index contributed by atoms with van der Waals surface area (Å²) in [5, 5.41) is 17.8. The van der Waals surface area contributed by atoms with Crippen LogP contribution in [0, 0.1) is 29.3 Å². The summed E-state index contributed by atoms with van der Waals surface area (Å²) in [6, 6.07) is 18.3. The number of hydrogen-bond acceptors (Lipinski definition) is 13. The van der Waals surface area contributed by atoms with Gasteiger partial charge >= 0.3 is 0 Å². The highest BCUT2D eigenvalue weighted by molar-refractivity contribution is 6.05. The van der Waals surface area contributed by atoms with Gasteiger partial charge in [-0.15, -0.1) is 37.2 Å². The molecule has 0 saturated carbocycles. The molecule has 5 heterocycles. The fourth-order valence-electron chi connectivity index (χ4n) is 12.5. The Morgan fingerprint density at radius 1 is 0.859 bits per heavy atom. The lowest BCUT2D eigenvalue weighted by atomic mass is 9.78. The number of amides is 5. The predicted molar refractivity (Wildman–Crippen MR) is 325 cm³/mol. The summed E-state index contributed by atoms with van der Waals surface area (Å²) in [6.07, 6.45) is 1.80. The van der Waals surface area contributed by atoms with Crippen LogP contribution in [0.5, 0.6) is 0 Å². The second kappa shape index (κ2) is 30.3. The number of Topliss-reactive ketones (excluding diaryl/α,β-unsaturated/α-hetero) is 1. The number of nitrogens with two attached hydrogens (primary N) is 1. The van der Waals surface area contributed by atoms with Crippen molar-refractivity contribution in [2.45, 2.75) is 108 Å². The van der Waals surface area contributed by atoms with Crippen molar-refractivity contribution in [1.82, 2.24) is 36.4 Å². The molecule has 8 N–H and O–H groups in total. The fraction of sp³-hybridized carbons (Fsp3) is 0.508. The van der Waals surface area contributed by atoms with Crippen molar-refractivity contribution in [3.8, 4) is 0 Å². The molecular formula is C61H80Cl3F3N10O8. The standard InChI is InChI=1S/C61H77F3N10O8.3ClH/c1-35-29-73(43(28-68-35)30-72-21-23-82-32-36(72)2)31-51(75)74-34-61(4,47-17-12-39(25-50(47)74)24-38-10-14-42(62)15-11-38)19-7-20-67-60(80)52(57(65)77)40-13-16-44-41(26-40)27-69-53(44)56(76)54(70-58(78)37(3)66-5)45-18-22-81-33-46(45)59(79)71-55-48(63)8-6-9-49(55)64;;;/h6,8-17,25-26,35-37,43,45-46,52-54,66,68-69H,7,18-24,27-34H2,1-5H3,(H2,65,77)(H,67,80)(H,70,78)(H,71,79);3*1H/t35-,36-,37?,43-,45?,46?,52?,53?,54?,61?;;;/m1.../s1. The molecule has 0 radical (unpaired) electrons. The van der Waals surface area contributed by atoms with E-state index in [9.17, 15) is 41.9 Å². The molecule has 5 aliphatic heterocycles. The van der Waals surface area contributed by atoms with Crippen molar-refractivity contribution in [3.05, 3.63) is 130 Å². The monoisotopic (exact) mass is 1240 g/mol. The van der Waals surface area contributed by atoms with E-state index in [2.05, 4.69) is 80.7 Å². The number of nitrogens with one attached hydrogen (secondary N) is 6. The SMILES string of the molecule is CNC(C)C(=O)NC(C(=O)C1NCc2cc(C(C(N)=O)C(=O)NCCCC3(C)CN(C(=O)CN4C[C@@H](C)NC[C@@H]4CN4CCOC[C@H]4C)c4cc(Cc5ccc(F)cc5)ccc43)ccc21)C1CCOCC1C(=O)Nc1c(F)cccc1F.Cl.Cl.Cl. The molecule has 3 saturated heterocycles. The van der Waals surface area contributed by atoms with Crippen molar-refractivity contribution < 1.29 is 51.4 Å². The topological polar surface area (TPSA) is 229 Å². The van der Waals surface area contributed by atoms with E-state index in [-0.39, 0.29) is 106 Å². The number of likely N-dealkylation sites (N-methyl/N-ethyl adjacent to an activating group) is 1. The summed E-state index contributed by atoms with van der Waals surface area (Å²) < 4.78 is 54.6. The number of ketones is 1. The number of primary amides is 1. The van der Waals surface area contributed by atoms with Crippen LogP contribution in [-0.4, -0.2) is 155 Å². The molecular weight excluding hydrogens is 1160 g/mol. The van der Waals surface area contributed by atoms with Crippen LogP contribution in [0.1, 0.15) is 92.3 Å². The van der Waals surface area contributed by atoms with Gasteiger partial charge in [-0.1, -0.05) is 55.5 Å². The number of ether oxygens (including phenoxy) is 2. The zero-order valence-electron chi connectivity index (χ0n) is 48.6. The Morgan fingerprint density at radius 2 is 1.58 bits per heavy atom. The van der Waals surface area contributed by atoms with Crippen molar-refractivity contribution in [1.29, 1.82) is 0 Å². The molecule has 0 spiro atoms. The number of benzene rings is 4. The van der Waals surface area contributed by atoms with Crippen LogP contribution in [0.3, 0.4) is 0 Å². The maximum absolute atomic E-state index is 14.8. The molecule has 7 unspecified atom stereocenters. The van der Waals surface area contributed by atoms with E-state index in [0.29, 0.717) is 55.7 Å². The van der Waals surface area contributed by atoms with Gasteiger partial charge in [0.15, 0.2) is 5.78 Å². The van der Waals surface area contributed by atoms with Gasteiger partial charge in [-0.25, -0.2) is 13.2 Å². The van der Waals surface area contributed by atoms with E-state index in [1.165, 1.54) is 18.2 Å². The summed E-state index contributed by atoms with van der Waals surface area (Å²) in [5.41, 5.74) is 10.0. The predicted octanol–water partition coefficient (Wildman–Crippen LogP) is 5.21. The summed E-state index contributed by atoms with van der Waals surface area (Å²) >= 11 is 0. The van der Waals surface area contributed by atoms with Crippen LogP contribution >= 0.6 is 37.2 Å². The van der Waals surface area contributed by atoms with Crippen molar-refractivity contribution >= 4 is 83.9 Å². The minimum Gasteiger partial charge on any atom is -0.381 e. The van der Waals surface area contributed by atoms with Crippen LogP contribution in [0.4, 0.5) is 24.5 Å². The van der Waals surface area contributed by atoms with Gasteiger partial charge in [0, 0.05) is 87.6 Å². The second-order valence-corrected chi connectivity index (χ2v) is 23.1. The van der Waals surface area contributed by atoms with Gasteiger partial charge in [-0.05, 0) is 117 Å².